The fourth-order valence-corrected chi connectivity index (χ4v) is 1.23. The van der Waals surface area contributed by atoms with Crippen molar-refractivity contribution < 1.29 is 14.6 Å². The van der Waals surface area contributed by atoms with Gasteiger partial charge in [-0.3, -0.25) is 9.78 Å². The highest BCUT2D eigenvalue weighted by Crippen LogP contribution is 2.25. The van der Waals surface area contributed by atoms with E-state index in [2.05, 4.69) is 4.98 Å². The molecule has 0 saturated carbocycles. The summed E-state index contributed by atoms with van der Waals surface area (Å²) in [5, 5.41) is 9.30. The van der Waals surface area contributed by atoms with Crippen molar-refractivity contribution in [2.45, 2.75) is 0 Å². The minimum atomic E-state index is -0.0615. The van der Waals surface area contributed by atoms with Gasteiger partial charge >= 0.3 is 0 Å². The van der Waals surface area contributed by atoms with Crippen molar-refractivity contribution in [1.29, 1.82) is 0 Å². The van der Waals surface area contributed by atoms with Gasteiger partial charge in [0.2, 0.25) is 0 Å². The number of rotatable bonds is 3. The standard InChI is InChI=1S/C12H9NO3/c14-8-9-6-10(3-4-12(9)15)16-11-2-1-5-13-7-11/h1-8,15H. The van der Waals surface area contributed by atoms with Crippen LogP contribution < -0.4 is 4.74 Å². The van der Waals surface area contributed by atoms with Crippen LogP contribution in [0.15, 0.2) is 42.7 Å². The van der Waals surface area contributed by atoms with Crippen LogP contribution in [-0.4, -0.2) is 16.4 Å². The van der Waals surface area contributed by atoms with Crippen molar-refractivity contribution >= 4 is 6.29 Å². The van der Waals surface area contributed by atoms with Gasteiger partial charge in [0.05, 0.1) is 11.8 Å². The van der Waals surface area contributed by atoms with Crippen LogP contribution in [0.3, 0.4) is 0 Å². The van der Waals surface area contributed by atoms with Gasteiger partial charge in [0.25, 0.3) is 0 Å². The van der Waals surface area contributed by atoms with E-state index >= 15 is 0 Å². The fourth-order valence-electron chi connectivity index (χ4n) is 1.23. The van der Waals surface area contributed by atoms with Gasteiger partial charge in [0.1, 0.15) is 17.2 Å². The number of nitrogens with zero attached hydrogens (tertiary/aromatic N) is 1. The first kappa shape index (κ1) is 10.2. The van der Waals surface area contributed by atoms with Crippen LogP contribution >= 0.6 is 0 Å². The van der Waals surface area contributed by atoms with E-state index in [1.165, 1.54) is 12.1 Å². The topological polar surface area (TPSA) is 59.4 Å². The largest absolute Gasteiger partial charge is 0.507 e. The molecule has 0 aliphatic rings. The summed E-state index contributed by atoms with van der Waals surface area (Å²) in [7, 11) is 0. The fraction of sp³-hybridized carbons (Fsp3) is 0. The van der Waals surface area contributed by atoms with Gasteiger partial charge in [-0.2, -0.15) is 0 Å². The summed E-state index contributed by atoms with van der Waals surface area (Å²) in [5.41, 5.74) is 0.196. The zero-order valence-corrected chi connectivity index (χ0v) is 8.33. The van der Waals surface area contributed by atoms with Gasteiger partial charge < -0.3 is 9.84 Å². The SMILES string of the molecule is O=Cc1cc(Oc2cccnc2)ccc1O. The number of benzene rings is 1. The van der Waals surface area contributed by atoms with E-state index in [9.17, 15) is 9.90 Å². The minimum Gasteiger partial charge on any atom is -0.507 e. The van der Waals surface area contributed by atoms with Crippen molar-refractivity contribution in [1.82, 2.24) is 4.98 Å². The second kappa shape index (κ2) is 4.44. The molecule has 0 radical (unpaired) electrons. The molecule has 0 spiro atoms. The van der Waals surface area contributed by atoms with E-state index in [0.29, 0.717) is 17.8 Å². The zero-order chi connectivity index (χ0) is 11.4. The summed E-state index contributed by atoms with van der Waals surface area (Å²) in [5.74, 6) is 0.992. The van der Waals surface area contributed by atoms with Crippen molar-refractivity contribution in [2.24, 2.45) is 0 Å². The number of carbonyl (C=O) groups is 1. The number of carbonyl (C=O) groups excluding carboxylic acids is 1. The Hall–Kier alpha value is -2.36. The molecule has 0 fully saturated rings. The molecular weight excluding hydrogens is 206 g/mol. The number of hydrogen-bond acceptors (Lipinski definition) is 4. The lowest BCUT2D eigenvalue weighted by Crippen LogP contribution is -1.87. The average Bonchev–Trinajstić information content (AvgIpc) is 2.33. The van der Waals surface area contributed by atoms with Crippen LogP contribution in [0.1, 0.15) is 10.4 Å². The van der Waals surface area contributed by atoms with Crippen LogP contribution in [0, 0.1) is 0 Å². The maximum absolute atomic E-state index is 10.6. The summed E-state index contributed by atoms with van der Waals surface area (Å²) >= 11 is 0. The Morgan fingerprint density at radius 3 is 2.81 bits per heavy atom. The van der Waals surface area contributed by atoms with Gasteiger partial charge in [-0.1, -0.05) is 0 Å². The van der Waals surface area contributed by atoms with E-state index in [-0.39, 0.29) is 11.3 Å². The molecule has 0 aliphatic heterocycles. The monoisotopic (exact) mass is 215 g/mol. The number of pyridine rings is 1. The molecule has 0 atom stereocenters. The molecule has 80 valence electrons. The molecule has 16 heavy (non-hydrogen) atoms. The molecule has 0 saturated heterocycles. The first-order valence-corrected chi connectivity index (χ1v) is 4.65. The van der Waals surface area contributed by atoms with Crippen LogP contribution in [0.4, 0.5) is 0 Å². The van der Waals surface area contributed by atoms with Crippen molar-refractivity contribution in [3.63, 3.8) is 0 Å². The van der Waals surface area contributed by atoms with E-state index in [1.54, 1.807) is 30.6 Å². The molecule has 2 aromatic rings. The van der Waals surface area contributed by atoms with Crippen LogP contribution in [0.2, 0.25) is 0 Å². The molecule has 1 aromatic carbocycles. The molecule has 4 nitrogen and oxygen atoms in total. The maximum atomic E-state index is 10.6. The molecule has 0 unspecified atom stereocenters. The van der Waals surface area contributed by atoms with Crippen LogP contribution in [-0.2, 0) is 0 Å². The first-order chi connectivity index (χ1) is 7.79. The lowest BCUT2D eigenvalue weighted by Gasteiger charge is -2.05. The summed E-state index contributed by atoms with van der Waals surface area (Å²) in [6.07, 6.45) is 3.78. The zero-order valence-electron chi connectivity index (χ0n) is 8.33. The average molecular weight is 215 g/mol. The quantitative estimate of drug-likeness (QED) is 0.798. The first-order valence-electron chi connectivity index (χ1n) is 4.65. The lowest BCUT2D eigenvalue weighted by atomic mass is 10.2. The summed E-state index contributed by atoms with van der Waals surface area (Å²) in [4.78, 5) is 14.5. The van der Waals surface area contributed by atoms with Gasteiger partial charge in [0, 0.05) is 6.20 Å². The third kappa shape index (κ3) is 2.17. The van der Waals surface area contributed by atoms with Crippen LogP contribution in [0.25, 0.3) is 0 Å². The van der Waals surface area contributed by atoms with Crippen molar-refractivity contribution in [2.75, 3.05) is 0 Å². The van der Waals surface area contributed by atoms with E-state index < -0.39 is 0 Å². The molecule has 4 heteroatoms. The number of ether oxygens (including phenoxy) is 1. The Balaban J connectivity index is 2.26. The highest BCUT2D eigenvalue weighted by molar-refractivity contribution is 5.79. The molecule has 0 amide bonds. The Bertz CT molecular complexity index is 497. The number of phenolic OH excluding ortho intramolecular Hbond substituents is 1. The van der Waals surface area contributed by atoms with Crippen molar-refractivity contribution in [3.8, 4) is 17.2 Å². The molecule has 1 aromatic heterocycles. The third-order valence-corrected chi connectivity index (χ3v) is 2.00. The van der Waals surface area contributed by atoms with Gasteiger partial charge in [-0.25, -0.2) is 0 Å². The highest BCUT2D eigenvalue weighted by Gasteiger charge is 2.03. The smallest absolute Gasteiger partial charge is 0.153 e. The van der Waals surface area contributed by atoms with Gasteiger partial charge in [-0.15, -0.1) is 0 Å². The second-order valence-corrected chi connectivity index (χ2v) is 3.13. The molecular formula is C12H9NO3. The Morgan fingerprint density at radius 1 is 1.25 bits per heavy atom. The number of hydrogen-bond donors (Lipinski definition) is 1. The van der Waals surface area contributed by atoms with Crippen LogP contribution in [0.5, 0.6) is 17.2 Å². The van der Waals surface area contributed by atoms with E-state index in [0.717, 1.165) is 0 Å². The summed E-state index contributed by atoms with van der Waals surface area (Å²) in [6.45, 7) is 0. The molecule has 2 rings (SSSR count). The molecule has 0 aliphatic carbocycles. The van der Waals surface area contributed by atoms with Gasteiger partial charge in [-0.05, 0) is 30.3 Å². The Morgan fingerprint density at radius 2 is 2.12 bits per heavy atom. The second-order valence-electron chi connectivity index (χ2n) is 3.13. The predicted molar refractivity (Wildman–Crippen MR) is 57.8 cm³/mol. The highest BCUT2D eigenvalue weighted by atomic mass is 16.5. The molecule has 0 bridgehead atoms. The number of phenols is 1. The normalized spacial score (nSPS) is 9.75. The number of aromatic hydroxyl groups is 1. The minimum absolute atomic E-state index is 0.0615. The number of aldehydes is 1. The third-order valence-electron chi connectivity index (χ3n) is 2.00. The Labute approximate surface area is 92.1 Å². The van der Waals surface area contributed by atoms with Crippen molar-refractivity contribution in [3.05, 3.63) is 48.3 Å². The molecule has 1 N–H and O–H groups in total. The van der Waals surface area contributed by atoms with Gasteiger partial charge in [0.15, 0.2) is 6.29 Å². The lowest BCUT2D eigenvalue weighted by molar-refractivity contribution is 0.112. The molecule has 1 heterocycles. The summed E-state index contributed by atoms with van der Waals surface area (Å²) < 4.78 is 5.44. The Kier molecular flexibility index (Phi) is 2.82. The predicted octanol–water partition coefficient (Wildman–Crippen LogP) is 2.39. The maximum Gasteiger partial charge on any atom is 0.153 e. The summed E-state index contributed by atoms with van der Waals surface area (Å²) in [6, 6.07) is 7.96. The number of aromatic nitrogens is 1. The van der Waals surface area contributed by atoms with E-state index in [1.807, 2.05) is 0 Å². The van der Waals surface area contributed by atoms with E-state index in [4.69, 9.17) is 4.74 Å².